The zero-order valence-corrected chi connectivity index (χ0v) is 11.8. The maximum atomic E-state index is 14.1. The maximum absolute atomic E-state index is 14.1. The van der Waals surface area contributed by atoms with Crippen LogP contribution in [0.25, 0.3) is 5.69 Å². The first kappa shape index (κ1) is 14.2. The molecule has 0 aliphatic heterocycles. The SMILES string of the molecule is Cc1cnn(-c2ccc(NC(=O)C3(C(=O)O)CC3)cc2F)c1. The lowest BCUT2D eigenvalue weighted by atomic mass is 10.1. The minimum absolute atomic E-state index is 0.225. The highest BCUT2D eigenvalue weighted by Crippen LogP contribution is 2.46. The summed E-state index contributed by atoms with van der Waals surface area (Å²) in [6.45, 7) is 1.84. The summed E-state index contributed by atoms with van der Waals surface area (Å²) in [5.41, 5.74) is 0.0240. The summed E-state index contributed by atoms with van der Waals surface area (Å²) in [7, 11) is 0. The van der Waals surface area contributed by atoms with E-state index in [2.05, 4.69) is 10.4 Å². The molecule has 6 nitrogen and oxygen atoms in total. The number of benzene rings is 1. The number of rotatable bonds is 4. The van der Waals surface area contributed by atoms with Gasteiger partial charge in [0.15, 0.2) is 5.82 Å². The van der Waals surface area contributed by atoms with E-state index in [0.29, 0.717) is 12.8 Å². The average Bonchev–Trinajstić information content (AvgIpc) is 3.17. The summed E-state index contributed by atoms with van der Waals surface area (Å²) in [5.74, 6) is -2.31. The Morgan fingerprint density at radius 1 is 1.41 bits per heavy atom. The number of carbonyl (C=O) groups is 2. The Hall–Kier alpha value is -2.70. The maximum Gasteiger partial charge on any atom is 0.319 e. The third kappa shape index (κ3) is 2.34. The van der Waals surface area contributed by atoms with E-state index in [0.717, 1.165) is 11.6 Å². The molecule has 1 aromatic heterocycles. The van der Waals surface area contributed by atoms with Gasteiger partial charge in [0.05, 0.1) is 6.20 Å². The lowest BCUT2D eigenvalue weighted by molar-refractivity contribution is -0.147. The number of hydrogen-bond donors (Lipinski definition) is 2. The van der Waals surface area contributed by atoms with Crippen LogP contribution in [0.2, 0.25) is 0 Å². The van der Waals surface area contributed by atoms with Crippen LogP contribution in [0.5, 0.6) is 0 Å². The molecule has 0 bridgehead atoms. The van der Waals surface area contributed by atoms with Gasteiger partial charge in [0.2, 0.25) is 5.91 Å². The van der Waals surface area contributed by atoms with Crippen molar-refractivity contribution in [1.82, 2.24) is 9.78 Å². The van der Waals surface area contributed by atoms with Crippen molar-refractivity contribution in [2.45, 2.75) is 19.8 Å². The van der Waals surface area contributed by atoms with E-state index in [1.54, 1.807) is 12.4 Å². The first-order valence-electron chi connectivity index (χ1n) is 6.78. The van der Waals surface area contributed by atoms with Gasteiger partial charge in [0, 0.05) is 11.9 Å². The fourth-order valence-electron chi connectivity index (χ4n) is 2.23. The fraction of sp³-hybridized carbons (Fsp3) is 0.267. The van der Waals surface area contributed by atoms with Crippen LogP contribution < -0.4 is 5.32 Å². The standard InChI is InChI=1S/C15H14FN3O3/c1-9-7-17-19(8-9)12-3-2-10(6-11(12)16)18-13(20)15(4-5-15)14(21)22/h2-3,6-8H,4-5H2,1H3,(H,18,20)(H,21,22). The van der Waals surface area contributed by atoms with Crippen LogP contribution in [0.3, 0.4) is 0 Å². The number of halogens is 1. The van der Waals surface area contributed by atoms with Gasteiger partial charge in [0.1, 0.15) is 11.1 Å². The Labute approximate surface area is 125 Å². The molecule has 0 atom stereocenters. The Morgan fingerprint density at radius 3 is 2.64 bits per heavy atom. The molecule has 7 heteroatoms. The number of aryl methyl sites for hydroxylation is 1. The summed E-state index contributed by atoms with van der Waals surface area (Å²) >= 11 is 0. The molecule has 0 radical (unpaired) electrons. The summed E-state index contributed by atoms with van der Waals surface area (Å²) in [6, 6.07) is 4.16. The predicted octanol–water partition coefficient (Wildman–Crippen LogP) is 2.12. The van der Waals surface area contributed by atoms with E-state index in [-0.39, 0.29) is 11.4 Å². The van der Waals surface area contributed by atoms with Crippen LogP contribution in [0.15, 0.2) is 30.6 Å². The van der Waals surface area contributed by atoms with Crippen molar-refractivity contribution in [1.29, 1.82) is 0 Å². The summed E-state index contributed by atoms with van der Waals surface area (Å²) in [5, 5.41) is 15.5. The van der Waals surface area contributed by atoms with Gasteiger partial charge in [-0.15, -0.1) is 0 Å². The molecule has 22 heavy (non-hydrogen) atoms. The first-order valence-corrected chi connectivity index (χ1v) is 6.78. The molecular formula is C15H14FN3O3. The fourth-order valence-corrected chi connectivity index (χ4v) is 2.23. The number of hydrogen-bond acceptors (Lipinski definition) is 3. The highest BCUT2D eigenvalue weighted by atomic mass is 19.1. The van der Waals surface area contributed by atoms with Gasteiger partial charge in [-0.2, -0.15) is 5.10 Å². The second kappa shape index (κ2) is 4.94. The second-order valence-electron chi connectivity index (χ2n) is 5.47. The monoisotopic (exact) mass is 303 g/mol. The Balaban J connectivity index is 1.81. The summed E-state index contributed by atoms with van der Waals surface area (Å²) in [4.78, 5) is 23.1. The molecule has 2 N–H and O–H groups in total. The van der Waals surface area contributed by atoms with Gasteiger partial charge in [-0.25, -0.2) is 9.07 Å². The molecule has 1 aliphatic carbocycles. The molecule has 0 saturated heterocycles. The van der Waals surface area contributed by atoms with Crippen LogP contribution in [0.1, 0.15) is 18.4 Å². The molecule has 1 amide bonds. The average molecular weight is 303 g/mol. The smallest absolute Gasteiger partial charge is 0.319 e. The zero-order valence-electron chi connectivity index (χ0n) is 11.8. The molecule has 3 rings (SSSR count). The molecular weight excluding hydrogens is 289 g/mol. The topological polar surface area (TPSA) is 84.2 Å². The Bertz CT molecular complexity index is 765. The van der Waals surface area contributed by atoms with Gasteiger partial charge in [-0.1, -0.05) is 0 Å². The van der Waals surface area contributed by atoms with Gasteiger partial charge in [0.25, 0.3) is 0 Å². The number of aliphatic carboxylic acids is 1. The molecule has 1 aliphatic rings. The highest BCUT2D eigenvalue weighted by molar-refractivity contribution is 6.10. The lowest BCUT2D eigenvalue weighted by Crippen LogP contribution is -2.31. The van der Waals surface area contributed by atoms with Crippen molar-refractivity contribution >= 4 is 17.6 Å². The number of aromatic nitrogens is 2. The molecule has 1 heterocycles. The highest BCUT2D eigenvalue weighted by Gasteiger charge is 2.57. The van der Waals surface area contributed by atoms with E-state index < -0.39 is 23.1 Å². The molecule has 0 spiro atoms. The van der Waals surface area contributed by atoms with Crippen LogP contribution in [0.4, 0.5) is 10.1 Å². The predicted molar refractivity (Wildman–Crippen MR) is 76.2 cm³/mol. The van der Waals surface area contributed by atoms with Gasteiger partial charge >= 0.3 is 5.97 Å². The van der Waals surface area contributed by atoms with Crippen molar-refractivity contribution in [3.8, 4) is 5.69 Å². The quantitative estimate of drug-likeness (QED) is 0.847. The molecule has 2 aromatic rings. The molecule has 1 aromatic carbocycles. The molecule has 0 unspecified atom stereocenters. The van der Waals surface area contributed by atoms with Crippen molar-refractivity contribution < 1.29 is 19.1 Å². The molecule has 1 saturated carbocycles. The Kier molecular flexibility index (Phi) is 3.20. The number of carboxylic acids is 1. The number of amides is 1. The van der Waals surface area contributed by atoms with Crippen molar-refractivity contribution in [2.24, 2.45) is 5.41 Å². The Morgan fingerprint density at radius 2 is 2.14 bits per heavy atom. The normalized spacial score (nSPS) is 15.4. The van der Waals surface area contributed by atoms with E-state index in [1.807, 2.05) is 6.92 Å². The minimum Gasteiger partial charge on any atom is -0.480 e. The third-order valence-electron chi connectivity index (χ3n) is 3.76. The summed E-state index contributed by atoms with van der Waals surface area (Å²) in [6.07, 6.45) is 3.90. The summed E-state index contributed by atoms with van der Waals surface area (Å²) < 4.78 is 15.5. The van der Waals surface area contributed by atoms with Gasteiger partial charge < -0.3 is 10.4 Å². The number of anilines is 1. The van der Waals surface area contributed by atoms with Crippen LogP contribution in [-0.2, 0) is 9.59 Å². The van der Waals surface area contributed by atoms with Crippen LogP contribution in [-0.4, -0.2) is 26.8 Å². The molecule has 114 valence electrons. The van der Waals surface area contributed by atoms with Gasteiger partial charge in [-0.3, -0.25) is 9.59 Å². The van der Waals surface area contributed by atoms with Crippen molar-refractivity contribution in [2.75, 3.05) is 5.32 Å². The minimum atomic E-state index is -1.35. The number of carboxylic acid groups (broad SMARTS) is 1. The van der Waals surface area contributed by atoms with Crippen molar-refractivity contribution in [3.63, 3.8) is 0 Å². The second-order valence-corrected chi connectivity index (χ2v) is 5.47. The van der Waals surface area contributed by atoms with E-state index in [9.17, 15) is 14.0 Å². The van der Waals surface area contributed by atoms with E-state index >= 15 is 0 Å². The first-order chi connectivity index (χ1) is 10.4. The number of carbonyl (C=O) groups excluding carboxylic acids is 1. The number of nitrogens with one attached hydrogen (secondary N) is 1. The van der Waals surface area contributed by atoms with Crippen molar-refractivity contribution in [3.05, 3.63) is 42.0 Å². The van der Waals surface area contributed by atoms with Gasteiger partial charge in [-0.05, 0) is 43.5 Å². The number of nitrogens with zero attached hydrogens (tertiary/aromatic N) is 2. The van der Waals surface area contributed by atoms with E-state index in [4.69, 9.17) is 5.11 Å². The van der Waals surface area contributed by atoms with Crippen LogP contribution >= 0.6 is 0 Å². The van der Waals surface area contributed by atoms with Crippen LogP contribution in [0, 0.1) is 18.2 Å². The third-order valence-corrected chi connectivity index (χ3v) is 3.76. The van der Waals surface area contributed by atoms with E-state index in [1.165, 1.54) is 16.8 Å². The lowest BCUT2D eigenvalue weighted by Gasteiger charge is -2.12. The zero-order chi connectivity index (χ0) is 15.9. The largest absolute Gasteiger partial charge is 0.480 e. The molecule has 1 fully saturated rings.